The summed E-state index contributed by atoms with van der Waals surface area (Å²) in [6.45, 7) is 3.34. The van der Waals surface area contributed by atoms with Crippen LogP contribution in [0.5, 0.6) is 5.75 Å². The van der Waals surface area contributed by atoms with Crippen LogP contribution >= 0.6 is 0 Å². The van der Waals surface area contributed by atoms with Crippen LogP contribution in [0.25, 0.3) is 0 Å². The number of nitrogens with zero attached hydrogens (tertiary/aromatic N) is 1. The minimum atomic E-state index is 0.0583. The second kappa shape index (κ2) is 8.02. The van der Waals surface area contributed by atoms with Crippen molar-refractivity contribution in [2.75, 3.05) is 33.4 Å². The lowest BCUT2D eigenvalue weighted by atomic mass is 9.98. The Balaban J connectivity index is 1.74. The molecule has 1 aliphatic heterocycles. The average molecular weight is 277 g/mol. The van der Waals surface area contributed by atoms with Gasteiger partial charge in [0.15, 0.2) is 0 Å². The summed E-state index contributed by atoms with van der Waals surface area (Å²) in [5, 5.41) is 0. The number of hydrogen-bond acceptors (Lipinski definition) is 4. The van der Waals surface area contributed by atoms with Gasteiger partial charge in [-0.1, -0.05) is 18.2 Å². The maximum Gasteiger partial charge on any atom is 0.123 e. The zero-order chi connectivity index (χ0) is 14.2. The molecule has 1 aromatic rings. The van der Waals surface area contributed by atoms with E-state index in [1.165, 1.54) is 0 Å². The maximum atomic E-state index is 10.7. The molecule has 1 fully saturated rings. The first-order valence-corrected chi connectivity index (χ1v) is 7.20. The van der Waals surface area contributed by atoms with Gasteiger partial charge in [0.2, 0.25) is 0 Å². The SMILES string of the molecule is COC(COc1ccccc1)CN1CCC(C=O)CC1. The van der Waals surface area contributed by atoms with Crippen LogP contribution < -0.4 is 4.74 Å². The third-order valence-electron chi connectivity index (χ3n) is 3.80. The smallest absolute Gasteiger partial charge is 0.123 e. The van der Waals surface area contributed by atoms with Crippen molar-refractivity contribution >= 4 is 6.29 Å². The highest BCUT2D eigenvalue weighted by Crippen LogP contribution is 2.16. The van der Waals surface area contributed by atoms with Gasteiger partial charge in [0.25, 0.3) is 0 Å². The normalized spacial score (nSPS) is 18.6. The summed E-state index contributed by atoms with van der Waals surface area (Å²) < 4.78 is 11.2. The molecule has 1 heterocycles. The number of aldehydes is 1. The minimum Gasteiger partial charge on any atom is -0.491 e. The molecule has 0 bridgehead atoms. The second-order valence-electron chi connectivity index (χ2n) is 5.26. The van der Waals surface area contributed by atoms with Crippen molar-refractivity contribution in [2.24, 2.45) is 5.92 Å². The van der Waals surface area contributed by atoms with Crippen LogP contribution in [0.4, 0.5) is 0 Å². The Morgan fingerprint density at radius 1 is 1.30 bits per heavy atom. The molecule has 4 nitrogen and oxygen atoms in total. The number of piperidine rings is 1. The Kier molecular flexibility index (Phi) is 6.02. The fourth-order valence-corrected chi connectivity index (χ4v) is 2.46. The third-order valence-corrected chi connectivity index (χ3v) is 3.80. The van der Waals surface area contributed by atoms with Crippen molar-refractivity contribution in [3.05, 3.63) is 30.3 Å². The van der Waals surface area contributed by atoms with Crippen LogP contribution in [0.3, 0.4) is 0 Å². The molecule has 1 aromatic carbocycles. The van der Waals surface area contributed by atoms with Crippen molar-refractivity contribution < 1.29 is 14.3 Å². The Bertz CT molecular complexity index is 388. The minimum absolute atomic E-state index is 0.0583. The second-order valence-corrected chi connectivity index (χ2v) is 5.26. The molecule has 1 atom stereocenters. The number of benzene rings is 1. The van der Waals surface area contributed by atoms with Gasteiger partial charge in [-0.25, -0.2) is 0 Å². The molecule has 0 spiro atoms. The molecule has 1 saturated heterocycles. The molecule has 1 aliphatic rings. The number of hydrogen-bond donors (Lipinski definition) is 0. The Morgan fingerprint density at radius 2 is 2.00 bits per heavy atom. The molecule has 0 saturated carbocycles. The molecule has 0 amide bonds. The molecule has 0 N–H and O–H groups in total. The van der Waals surface area contributed by atoms with Gasteiger partial charge < -0.3 is 19.2 Å². The highest BCUT2D eigenvalue weighted by molar-refractivity contribution is 5.53. The van der Waals surface area contributed by atoms with Crippen molar-refractivity contribution in [3.8, 4) is 5.75 Å². The number of rotatable bonds is 7. The molecular formula is C16H23NO3. The third kappa shape index (κ3) is 4.62. The van der Waals surface area contributed by atoms with E-state index >= 15 is 0 Å². The van der Waals surface area contributed by atoms with Gasteiger partial charge in [-0.2, -0.15) is 0 Å². The molecule has 2 rings (SSSR count). The number of ether oxygens (including phenoxy) is 2. The fraction of sp³-hybridized carbons (Fsp3) is 0.562. The molecule has 110 valence electrons. The Morgan fingerprint density at radius 3 is 2.60 bits per heavy atom. The molecule has 20 heavy (non-hydrogen) atoms. The highest BCUT2D eigenvalue weighted by atomic mass is 16.5. The summed E-state index contributed by atoms with van der Waals surface area (Å²) in [6.07, 6.45) is 3.06. The first-order chi connectivity index (χ1) is 9.81. The van der Waals surface area contributed by atoms with E-state index in [-0.39, 0.29) is 12.0 Å². The zero-order valence-electron chi connectivity index (χ0n) is 12.0. The topological polar surface area (TPSA) is 38.8 Å². The molecule has 0 aromatic heterocycles. The van der Waals surface area contributed by atoms with Crippen molar-refractivity contribution in [1.82, 2.24) is 4.90 Å². The van der Waals surface area contributed by atoms with E-state index in [4.69, 9.17) is 9.47 Å². The molecule has 0 radical (unpaired) electrons. The summed E-state index contributed by atoms with van der Waals surface area (Å²) in [5.74, 6) is 1.11. The van der Waals surface area contributed by atoms with Gasteiger partial charge in [-0.15, -0.1) is 0 Å². The summed E-state index contributed by atoms with van der Waals surface area (Å²) in [6, 6.07) is 9.78. The maximum absolute atomic E-state index is 10.7. The van der Waals surface area contributed by atoms with Crippen molar-refractivity contribution in [3.63, 3.8) is 0 Å². The predicted octanol–water partition coefficient (Wildman–Crippen LogP) is 1.99. The van der Waals surface area contributed by atoms with E-state index in [2.05, 4.69) is 4.90 Å². The lowest BCUT2D eigenvalue weighted by molar-refractivity contribution is -0.112. The Labute approximate surface area is 120 Å². The van der Waals surface area contributed by atoms with Gasteiger partial charge >= 0.3 is 0 Å². The summed E-state index contributed by atoms with van der Waals surface area (Å²) in [4.78, 5) is 13.1. The predicted molar refractivity (Wildman–Crippen MR) is 78.0 cm³/mol. The quantitative estimate of drug-likeness (QED) is 0.715. The summed E-state index contributed by atoms with van der Waals surface area (Å²) >= 11 is 0. The zero-order valence-corrected chi connectivity index (χ0v) is 12.0. The number of carbonyl (C=O) groups excluding carboxylic acids is 1. The van der Waals surface area contributed by atoms with Crippen LogP contribution in [-0.2, 0) is 9.53 Å². The van der Waals surface area contributed by atoms with E-state index in [9.17, 15) is 4.79 Å². The van der Waals surface area contributed by atoms with Gasteiger partial charge in [0.05, 0.1) is 0 Å². The highest BCUT2D eigenvalue weighted by Gasteiger charge is 2.21. The Hall–Kier alpha value is -1.39. The van der Waals surface area contributed by atoms with E-state index in [1.807, 2.05) is 30.3 Å². The number of carbonyl (C=O) groups is 1. The number of likely N-dealkylation sites (tertiary alicyclic amines) is 1. The largest absolute Gasteiger partial charge is 0.491 e. The van der Waals surface area contributed by atoms with E-state index in [1.54, 1.807) is 7.11 Å². The van der Waals surface area contributed by atoms with Crippen LogP contribution in [0, 0.1) is 5.92 Å². The molecular weight excluding hydrogens is 254 g/mol. The standard InChI is InChI=1S/C16H23NO3/c1-19-16(13-20-15-5-3-2-4-6-15)11-17-9-7-14(12-18)8-10-17/h2-6,12,14,16H,7-11,13H2,1H3. The van der Waals surface area contributed by atoms with Crippen LogP contribution in [0.15, 0.2) is 30.3 Å². The van der Waals surface area contributed by atoms with Gasteiger partial charge in [-0.05, 0) is 38.1 Å². The van der Waals surface area contributed by atoms with Gasteiger partial charge in [0, 0.05) is 19.6 Å². The van der Waals surface area contributed by atoms with Crippen LogP contribution in [0.1, 0.15) is 12.8 Å². The average Bonchev–Trinajstić information content (AvgIpc) is 2.53. The first kappa shape index (κ1) is 15.0. The van der Waals surface area contributed by atoms with Crippen molar-refractivity contribution in [1.29, 1.82) is 0 Å². The number of para-hydroxylation sites is 1. The lowest BCUT2D eigenvalue weighted by Crippen LogP contribution is -2.41. The van der Waals surface area contributed by atoms with Crippen LogP contribution in [0.2, 0.25) is 0 Å². The van der Waals surface area contributed by atoms with E-state index in [0.29, 0.717) is 6.61 Å². The number of methoxy groups -OCH3 is 1. The monoisotopic (exact) mass is 277 g/mol. The van der Waals surface area contributed by atoms with Crippen molar-refractivity contribution in [2.45, 2.75) is 18.9 Å². The van der Waals surface area contributed by atoms with Gasteiger partial charge in [-0.3, -0.25) is 0 Å². The van der Waals surface area contributed by atoms with E-state index < -0.39 is 0 Å². The van der Waals surface area contributed by atoms with Gasteiger partial charge in [0.1, 0.15) is 24.7 Å². The molecule has 4 heteroatoms. The molecule has 1 unspecified atom stereocenters. The summed E-state index contributed by atoms with van der Waals surface area (Å²) in [5.41, 5.74) is 0. The molecule has 0 aliphatic carbocycles. The first-order valence-electron chi connectivity index (χ1n) is 7.20. The summed E-state index contributed by atoms with van der Waals surface area (Å²) in [7, 11) is 1.72. The fourth-order valence-electron chi connectivity index (χ4n) is 2.46. The van der Waals surface area contributed by atoms with Crippen LogP contribution in [-0.4, -0.2) is 50.6 Å². The van der Waals surface area contributed by atoms with E-state index in [0.717, 1.165) is 44.5 Å². The lowest BCUT2D eigenvalue weighted by Gasteiger charge is -2.32.